The third-order valence-electron chi connectivity index (χ3n) is 1.51. The summed E-state index contributed by atoms with van der Waals surface area (Å²) < 4.78 is 0. The van der Waals surface area contributed by atoms with Crippen LogP contribution in [-0.4, -0.2) is 18.9 Å². The van der Waals surface area contributed by atoms with Gasteiger partial charge in [0.1, 0.15) is 0 Å². The molecule has 3 heteroatoms. The molecule has 1 radical (unpaired) electrons. The van der Waals surface area contributed by atoms with E-state index in [2.05, 4.69) is 31.1 Å². The van der Waals surface area contributed by atoms with E-state index in [1.54, 1.807) is 0 Å². The van der Waals surface area contributed by atoms with Crippen LogP contribution in [0, 0.1) is 7.43 Å². The minimum absolute atomic E-state index is 0. The van der Waals surface area contributed by atoms with Crippen LogP contribution in [0.5, 0.6) is 0 Å². The molecule has 0 aromatic rings. The van der Waals surface area contributed by atoms with E-state index in [-0.39, 0.29) is 40.1 Å². The topological polar surface area (TPSA) is 26.5 Å². The molecule has 0 heterocycles. The summed E-state index contributed by atoms with van der Waals surface area (Å²) in [6.45, 7) is 8.33. The fourth-order valence-electron chi connectivity index (χ4n) is 0.913. The summed E-state index contributed by atoms with van der Waals surface area (Å²) in [7, 11) is 0. The Hall–Kier alpha value is 0.574. The third-order valence-corrected chi connectivity index (χ3v) is 1.51. The first-order chi connectivity index (χ1) is 5.85. The summed E-state index contributed by atoms with van der Waals surface area (Å²) in [5.41, 5.74) is 0. The SMILES string of the molecule is CCCN=C(CCC)[N-]CCC.[CH3-].[Y]. The molecule has 0 aliphatic heterocycles. The molecule has 0 saturated heterocycles. The Balaban J connectivity index is -0.000000605. The van der Waals surface area contributed by atoms with Gasteiger partial charge in [-0.2, -0.15) is 0 Å². The Kier molecular flexibility index (Phi) is 22.9. The number of aliphatic imine (C=N–C) groups is 1. The normalized spacial score (nSPS) is 10.1. The molecule has 0 N–H and O–H groups in total. The van der Waals surface area contributed by atoms with E-state index in [0.717, 1.165) is 44.6 Å². The van der Waals surface area contributed by atoms with E-state index in [1.165, 1.54) is 0 Å². The Morgan fingerprint density at radius 2 is 1.71 bits per heavy atom. The van der Waals surface area contributed by atoms with Crippen LogP contribution in [-0.2, 0) is 32.7 Å². The van der Waals surface area contributed by atoms with Crippen molar-refractivity contribution < 1.29 is 32.7 Å². The minimum atomic E-state index is 0. The van der Waals surface area contributed by atoms with Gasteiger partial charge in [-0.05, 0) is 6.42 Å². The molecule has 0 aromatic heterocycles. The van der Waals surface area contributed by atoms with Crippen LogP contribution in [0.15, 0.2) is 4.99 Å². The summed E-state index contributed by atoms with van der Waals surface area (Å²) in [5, 5.41) is 4.42. The van der Waals surface area contributed by atoms with Gasteiger partial charge < -0.3 is 17.7 Å². The van der Waals surface area contributed by atoms with Gasteiger partial charge in [-0.15, -0.1) is 0 Å². The minimum Gasteiger partial charge on any atom is -0.469 e. The molecule has 0 saturated carbocycles. The fourth-order valence-corrected chi connectivity index (χ4v) is 0.913. The Labute approximate surface area is 115 Å². The molecule has 0 unspecified atom stereocenters. The maximum absolute atomic E-state index is 4.42. The van der Waals surface area contributed by atoms with E-state index in [4.69, 9.17) is 0 Å². The van der Waals surface area contributed by atoms with Crippen LogP contribution in [0.25, 0.3) is 5.32 Å². The monoisotopic (exact) mass is 273 g/mol. The average Bonchev–Trinajstić information content (AvgIpc) is 2.10. The molecule has 0 spiro atoms. The van der Waals surface area contributed by atoms with E-state index >= 15 is 0 Å². The molecule has 14 heavy (non-hydrogen) atoms. The average molecular weight is 273 g/mol. The first-order valence-electron chi connectivity index (χ1n) is 5.05. The van der Waals surface area contributed by atoms with Crippen molar-refractivity contribution in [1.29, 1.82) is 0 Å². The van der Waals surface area contributed by atoms with Gasteiger partial charge in [0.2, 0.25) is 0 Å². The van der Waals surface area contributed by atoms with Crippen molar-refractivity contribution in [2.24, 2.45) is 4.99 Å². The molecule has 0 aliphatic carbocycles. The number of rotatable bonds is 6. The van der Waals surface area contributed by atoms with Gasteiger partial charge >= 0.3 is 0 Å². The van der Waals surface area contributed by atoms with Gasteiger partial charge in [-0.25, -0.2) is 0 Å². The first kappa shape index (κ1) is 20.0. The van der Waals surface area contributed by atoms with Gasteiger partial charge in [0.15, 0.2) is 0 Å². The maximum Gasteiger partial charge on any atom is 0 e. The molecule has 0 aliphatic rings. The van der Waals surface area contributed by atoms with E-state index in [1.807, 2.05) is 0 Å². The van der Waals surface area contributed by atoms with Crippen molar-refractivity contribution in [3.63, 3.8) is 0 Å². The maximum atomic E-state index is 4.42. The summed E-state index contributed by atoms with van der Waals surface area (Å²) in [5.74, 6) is 1.07. The van der Waals surface area contributed by atoms with Gasteiger partial charge in [-0.1, -0.05) is 59.0 Å². The quantitative estimate of drug-likeness (QED) is 0.399. The van der Waals surface area contributed by atoms with Crippen LogP contribution in [0.4, 0.5) is 0 Å². The van der Waals surface area contributed by atoms with Crippen LogP contribution >= 0.6 is 0 Å². The molecule has 0 aromatic carbocycles. The molecular weight excluding hydrogens is 249 g/mol. The van der Waals surface area contributed by atoms with Crippen LogP contribution in [0.1, 0.15) is 46.5 Å². The number of nitrogens with zero attached hydrogens (tertiary/aromatic N) is 2. The molecule has 0 atom stereocenters. The van der Waals surface area contributed by atoms with Crippen molar-refractivity contribution >= 4 is 5.84 Å². The molecule has 0 fully saturated rings. The van der Waals surface area contributed by atoms with Crippen LogP contribution in [0.3, 0.4) is 0 Å². The molecule has 0 bridgehead atoms. The molecule has 0 rings (SSSR count). The van der Waals surface area contributed by atoms with E-state index < -0.39 is 0 Å². The predicted molar refractivity (Wildman–Crippen MR) is 62.4 cm³/mol. The number of hydrogen-bond donors (Lipinski definition) is 0. The largest absolute Gasteiger partial charge is 0.469 e. The van der Waals surface area contributed by atoms with Gasteiger partial charge in [-0.3, -0.25) is 0 Å². The summed E-state index contributed by atoms with van der Waals surface area (Å²) >= 11 is 0. The molecule has 2 nitrogen and oxygen atoms in total. The van der Waals surface area contributed by atoms with Crippen molar-refractivity contribution in [1.82, 2.24) is 0 Å². The molecular formula is C11H24N2Y-2. The molecule has 83 valence electrons. The Bertz CT molecular complexity index is 124. The van der Waals surface area contributed by atoms with Crippen molar-refractivity contribution in [2.75, 3.05) is 13.1 Å². The summed E-state index contributed by atoms with van der Waals surface area (Å²) in [6, 6.07) is 0. The summed E-state index contributed by atoms with van der Waals surface area (Å²) in [6.07, 6.45) is 4.43. The predicted octanol–water partition coefficient (Wildman–Crippen LogP) is 3.83. The smallest absolute Gasteiger partial charge is 0 e. The number of hydrogen-bond acceptors (Lipinski definition) is 1. The zero-order chi connectivity index (χ0) is 9.23. The second kappa shape index (κ2) is 16.0. The van der Waals surface area contributed by atoms with Gasteiger partial charge in [0.25, 0.3) is 0 Å². The Morgan fingerprint density at radius 3 is 2.14 bits per heavy atom. The van der Waals surface area contributed by atoms with Gasteiger partial charge in [0.05, 0.1) is 0 Å². The van der Waals surface area contributed by atoms with E-state index in [0.29, 0.717) is 0 Å². The van der Waals surface area contributed by atoms with Gasteiger partial charge in [0, 0.05) is 32.7 Å². The Morgan fingerprint density at radius 1 is 1.07 bits per heavy atom. The zero-order valence-electron chi connectivity index (χ0n) is 10.2. The third kappa shape index (κ3) is 12.6. The molecule has 0 amide bonds. The van der Waals surface area contributed by atoms with Crippen LogP contribution < -0.4 is 0 Å². The van der Waals surface area contributed by atoms with Crippen molar-refractivity contribution in [3.8, 4) is 0 Å². The van der Waals surface area contributed by atoms with Crippen molar-refractivity contribution in [2.45, 2.75) is 46.5 Å². The number of amidine groups is 1. The van der Waals surface area contributed by atoms with Crippen molar-refractivity contribution in [3.05, 3.63) is 12.7 Å². The first-order valence-corrected chi connectivity index (χ1v) is 5.05. The second-order valence-electron chi connectivity index (χ2n) is 2.93. The van der Waals surface area contributed by atoms with Crippen LogP contribution in [0.2, 0.25) is 0 Å². The summed E-state index contributed by atoms with van der Waals surface area (Å²) in [4.78, 5) is 4.42. The fraction of sp³-hybridized carbons (Fsp3) is 0.818. The standard InChI is InChI=1S/C10H21N2.CH3.Y/c1-4-7-10(11-8-5-2)12-9-6-3;;/h4-9H2,1-3H3;1H3;/q2*-1;. The van der Waals surface area contributed by atoms with E-state index in [9.17, 15) is 0 Å². The zero-order valence-corrected chi connectivity index (χ0v) is 13.1. The second-order valence-corrected chi connectivity index (χ2v) is 2.93.